The molecule has 0 aromatic heterocycles. The number of rotatable bonds is 2. The van der Waals surface area contributed by atoms with Crippen LogP contribution in [0.4, 0.5) is 0 Å². The number of hydrogen-bond acceptors (Lipinski definition) is 4. The number of hydrogen-bond donors (Lipinski definition) is 2. The molecule has 4 nitrogen and oxygen atoms in total. The molecule has 4 heteroatoms. The zero-order valence-corrected chi connectivity index (χ0v) is 7.80. The number of nitrogens with one attached hydrogen (secondary N) is 1. The molecule has 1 aliphatic heterocycles. The van der Waals surface area contributed by atoms with Gasteiger partial charge in [-0.1, -0.05) is 0 Å². The van der Waals surface area contributed by atoms with Gasteiger partial charge in [-0.25, -0.2) is 0 Å². The molecular formula is C9H15NO3. The minimum atomic E-state index is -0.800. The van der Waals surface area contributed by atoms with Gasteiger partial charge in [-0.05, 0) is 19.3 Å². The number of aliphatic hydroxyl groups is 1. The first-order valence-corrected chi connectivity index (χ1v) is 4.66. The maximum atomic E-state index is 11.5. The van der Waals surface area contributed by atoms with Gasteiger partial charge < -0.3 is 15.2 Å². The van der Waals surface area contributed by atoms with Crippen molar-refractivity contribution in [2.24, 2.45) is 5.41 Å². The van der Waals surface area contributed by atoms with E-state index >= 15 is 0 Å². The molecule has 1 saturated carbocycles. The van der Waals surface area contributed by atoms with E-state index in [2.05, 4.69) is 5.32 Å². The highest BCUT2D eigenvalue weighted by molar-refractivity contribution is 5.80. The minimum absolute atomic E-state index is 0.270. The molecule has 0 unspecified atom stereocenters. The molecule has 0 bridgehead atoms. The Hall–Kier alpha value is -0.610. The van der Waals surface area contributed by atoms with Crippen LogP contribution < -0.4 is 5.32 Å². The largest absolute Gasteiger partial charge is 0.468 e. The lowest BCUT2D eigenvalue weighted by Gasteiger charge is -2.55. The van der Waals surface area contributed by atoms with Crippen LogP contribution in [0.25, 0.3) is 0 Å². The molecule has 0 aromatic carbocycles. The van der Waals surface area contributed by atoms with Crippen molar-refractivity contribution in [3.05, 3.63) is 0 Å². The zero-order valence-electron chi connectivity index (χ0n) is 7.80. The summed E-state index contributed by atoms with van der Waals surface area (Å²) in [4.78, 5) is 11.5. The summed E-state index contributed by atoms with van der Waals surface area (Å²) < 4.78 is 4.74. The summed E-state index contributed by atoms with van der Waals surface area (Å²) >= 11 is 0. The maximum absolute atomic E-state index is 11.5. The van der Waals surface area contributed by atoms with Crippen LogP contribution in [0.3, 0.4) is 0 Å². The highest BCUT2D eigenvalue weighted by Gasteiger charge is 2.62. The Bertz CT molecular complexity index is 231. The van der Waals surface area contributed by atoms with Crippen molar-refractivity contribution in [3.63, 3.8) is 0 Å². The molecule has 0 spiro atoms. The average molecular weight is 185 g/mol. The molecule has 13 heavy (non-hydrogen) atoms. The maximum Gasteiger partial charge on any atom is 0.317 e. The Labute approximate surface area is 77.3 Å². The van der Waals surface area contributed by atoms with Crippen LogP contribution >= 0.6 is 0 Å². The molecular weight excluding hydrogens is 170 g/mol. The predicted octanol–water partition coefficient (Wildman–Crippen LogP) is -0.336. The minimum Gasteiger partial charge on any atom is -0.468 e. The molecule has 0 atom stereocenters. The fourth-order valence-electron chi connectivity index (χ4n) is 2.22. The first-order chi connectivity index (χ1) is 6.15. The molecule has 2 N–H and O–H groups in total. The molecule has 2 fully saturated rings. The SMILES string of the molecule is COC(=O)C1(C2(O)CCC2)CNC1. The lowest BCUT2D eigenvalue weighted by atomic mass is 9.58. The molecule has 74 valence electrons. The van der Waals surface area contributed by atoms with Crippen LogP contribution in [0.15, 0.2) is 0 Å². The zero-order chi connectivity index (χ0) is 9.53. The van der Waals surface area contributed by atoms with Crippen molar-refractivity contribution >= 4 is 5.97 Å². The van der Waals surface area contributed by atoms with E-state index in [0.29, 0.717) is 13.1 Å². The van der Waals surface area contributed by atoms with E-state index in [-0.39, 0.29) is 5.97 Å². The van der Waals surface area contributed by atoms with Crippen molar-refractivity contribution in [1.82, 2.24) is 5.32 Å². The van der Waals surface area contributed by atoms with E-state index in [1.165, 1.54) is 7.11 Å². The van der Waals surface area contributed by atoms with E-state index in [9.17, 15) is 9.90 Å². The van der Waals surface area contributed by atoms with E-state index in [0.717, 1.165) is 19.3 Å². The van der Waals surface area contributed by atoms with Gasteiger partial charge in [0.15, 0.2) is 0 Å². The fourth-order valence-corrected chi connectivity index (χ4v) is 2.22. The first kappa shape index (κ1) is 8.97. The van der Waals surface area contributed by atoms with Crippen LogP contribution in [-0.4, -0.2) is 36.9 Å². The van der Waals surface area contributed by atoms with E-state index in [1.807, 2.05) is 0 Å². The molecule has 0 amide bonds. The van der Waals surface area contributed by atoms with E-state index in [1.54, 1.807) is 0 Å². The van der Waals surface area contributed by atoms with E-state index < -0.39 is 11.0 Å². The summed E-state index contributed by atoms with van der Waals surface area (Å²) in [5.74, 6) is -0.270. The van der Waals surface area contributed by atoms with Gasteiger partial charge in [-0.15, -0.1) is 0 Å². The quantitative estimate of drug-likeness (QED) is 0.578. The van der Waals surface area contributed by atoms with Crippen LogP contribution in [0.1, 0.15) is 19.3 Å². The summed E-state index contributed by atoms with van der Waals surface area (Å²) in [6.07, 6.45) is 2.46. The first-order valence-electron chi connectivity index (χ1n) is 4.66. The Balaban J connectivity index is 2.19. The number of esters is 1. The lowest BCUT2D eigenvalue weighted by Crippen LogP contribution is -2.72. The normalized spacial score (nSPS) is 28.5. The van der Waals surface area contributed by atoms with Gasteiger partial charge in [0.1, 0.15) is 5.41 Å². The van der Waals surface area contributed by atoms with Crippen molar-refractivity contribution in [1.29, 1.82) is 0 Å². The number of ether oxygens (including phenoxy) is 1. The van der Waals surface area contributed by atoms with Crippen LogP contribution in [0, 0.1) is 5.41 Å². The van der Waals surface area contributed by atoms with Crippen molar-refractivity contribution < 1.29 is 14.6 Å². The summed E-state index contributed by atoms with van der Waals surface area (Å²) in [5, 5.41) is 13.2. The van der Waals surface area contributed by atoms with Gasteiger partial charge in [0.25, 0.3) is 0 Å². The second kappa shape index (κ2) is 2.69. The van der Waals surface area contributed by atoms with Crippen molar-refractivity contribution in [2.75, 3.05) is 20.2 Å². The molecule has 1 aliphatic carbocycles. The number of carbonyl (C=O) groups is 1. The number of carbonyl (C=O) groups excluding carboxylic acids is 1. The molecule has 0 aromatic rings. The van der Waals surface area contributed by atoms with Gasteiger partial charge >= 0.3 is 5.97 Å². The molecule has 1 saturated heterocycles. The summed E-state index contributed by atoms with van der Waals surface area (Å²) in [6.45, 7) is 1.10. The Kier molecular flexibility index (Phi) is 1.85. The highest BCUT2D eigenvalue weighted by Crippen LogP contribution is 2.49. The van der Waals surface area contributed by atoms with Crippen LogP contribution in [-0.2, 0) is 9.53 Å². The molecule has 0 radical (unpaired) electrons. The molecule has 2 aliphatic rings. The second-order valence-corrected chi connectivity index (χ2v) is 4.06. The molecule has 1 heterocycles. The van der Waals surface area contributed by atoms with Crippen molar-refractivity contribution in [3.8, 4) is 0 Å². The Morgan fingerprint density at radius 2 is 2.08 bits per heavy atom. The summed E-state index contributed by atoms with van der Waals surface area (Å²) in [5.41, 5.74) is -1.45. The van der Waals surface area contributed by atoms with Gasteiger partial charge in [-0.2, -0.15) is 0 Å². The summed E-state index contributed by atoms with van der Waals surface area (Å²) in [6, 6.07) is 0. The second-order valence-electron chi connectivity index (χ2n) is 4.06. The standard InChI is InChI=1S/C9H15NO3/c1-13-7(11)8(5-10-6-8)9(12)3-2-4-9/h10,12H,2-6H2,1H3. The highest BCUT2D eigenvalue weighted by atomic mass is 16.5. The Morgan fingerprint density at radius 1 is 1.46 bits per heavy atom. The van der Waals surface area contributed by atoms with Gasteiger partial charge in [0.2, 0.25) is 0 Å². The fraction of sp³-hybridized carbons (Fsp3) is 0.889. The molecule has 2 rings (SSSR count). The third-order valence-electron chi connectivity index (χ3n) is 3.50. The van der Waals surface area contributed by atoms with Gasteiger partial charge in [0.05, 0.1) is 12.7 Å². The van der Waals surface area contributed by atoms with Crippen molar-refractivity contribution in [2.45, 2.75) is 24.9 Å². The van der Waals surface area contributed by atoms with Crippen LogP contribution in [0.5, 0.6) is 0 Å². The van der Waals surface area contributed by atoms with Gasteiger partial charge in [0, 0.05) is 13.1 Å². The number of methoxy groups -OCH3 is 1. The predicted molar refractivity (Wildman–Crippen MR) is 46.1 cm³/mol. The monoisotopic (exact) mass is 185 g/mol. The van der Waals surface area contributed by atoms with Crippen LogP contribution in [0.2, 0.25) is 0 Å². The Morgan fingerprint density at radius 3 is 2.31 bits per heavy atom. The average Bonchev–Trinajstić information content (AvgIpc) is 1.98. The van der Waals surface area contributed by atoms with Gasteiger partial charge in [-0.3, -0.25) is 4.79 Å². The third kappa shape index (κ3) is 0.957. The third-order valence-corrected chi connectivity index (χ3v) is 3.50. The smallest absolute Gasteiger partial charge is 0.317 e. The summed E-state index contributed by atoms with van der Waals surface area (Å²) in [7, 11) is 1.38. The topological polar surface area (TPSA) is 58.6 Å². The van der Waals surface area contributed by atoms with E-state index in [4.69, 9.17) is 4.74 Å². The lowest BCUT2D eigenvalue weighted by molar-refractivity contribution is -0.198.